The van der Waals surface area contributed by atoms with Crippen molar-refractivity contribution in [1.82, 2.24) is 10.2 Å². The maximum atomic E-state index is 11.4. The van der Waals surface area contributed by atoms with Crippen LogP contribution in [0.3, 0.4) is 0 Å². The average Bonchev–Trinajstić information content (AvgIpc) is 2.93. The third-order valence-corrected chi connectivity index (χ3v) is 4.79. The SMILES string of the molecule is CC(C)C12CCCN1C(COC(=O)NCCO)CC2. The van der Waals surface area contributed by atoms with Crippen LogP contribution in [0.2, 0.25) is 0 Å². The molecule has 2 aliphatic heterocycles. The number of rotatable bonds is 5. The maximum Gasteiger partial charge on any atom is 0.407 e. The lowest BCUT2D eigenvalue weighted by Crippen LogP contribution is -2.47. The van der Waals surface area contributed by atoms with E-state index in [1.54, 1.807) is 0 Å². The summed E-state index contributed by atoms with van der Waals surface area (Å²) < 4.78 is 5.26. The molecule has 2 saturated heterocycles. The fraction of sp³-hybridized carbons (Fsp3) is 0.929. The van der Waals surface area contributed by atoms with Crippen molar-refractivity contribution in [2.45, 2.75) is 51.1 Å². The van der Waals surface area contributed by atoms with Crippen molar-refractivity contribution in [2.24, 2.45) is 5.92 Å². The van der Waals surface area contributed by atoms with Crippen LogP contribution < -0.4 is 5.32 Å². The molecule has 2 rings (SSSR count). The number of hydrogen-bond donors (Lipinski definition) is 2. The molecule has 1 amide bonds. The smallest absolute Gasteiger partial charge is 0.407 e. The summed E-state index contributed by atoms with van der Waals surface area (Å²) in [5, 5.41) is 11.2. The third-order valence-electron chi connectivity index (χ3n) is 4.79. The van der Waals surface area contributed by atoms with Crippen LogP contribution >= 0.6 is 0 Å². The third kappa shape index (κ3) is 2.87. The molecular formula is C14H26N2O3. The fourth-order valence-electron chi connectivity index (χ4n) is 3.77. The van der Waals surface area contributed by atoms with Crippen LogP contribution in [0, 0.1) is 5.92 Å². The lowest BCUT2D eigenvalue weighted by Gasteiger charge is -2.38. The molecule has 110 valence electrons. The second kappa shape index (κ2) is 6.09. The van der Waals surface area contributed by atoms with Crippen molar-refractivity contribution in [3.8, 4) is 0 Å². The van der Waals surface area contributed by atoms with Crippen molar-refractivity contribution in [3.05, 3.63) is 0 Å². The van der Waals surface area contributed by atoms with Crippen LogP contribution in [-0.2, 0) is 4.74 Å². The topological polar surface area (TPSA) is 61.8 Å². The lowest BCUT2D eigenvalue weighted by atomic mass is 9.83. The monoisotopic (exact) mass is 270 g/mol. The predicted octanol–water partition coefficient (Wildman–Crippen LogP) is 1.36. The molecule has 5 nitrogen and oxygen atoms in total. The molecule has 0 radical (unpaired) electrons. The summed E-state index contributed by atoms with van der Waals surface area (Å²) in [6.45, 7) is 6.39. The first-order chi connectivity index (χ1) is 9.10. The minimum Gasteiger partial charge on any atom is -0.448 e. The number of aliphatic hydroxyl groups excluding tert-OH is 1. The van der Waals surface area contributed by atoms with Gasteiger partial charge in [0.2, 0.25) is 0 Å². The van der Waals surface area contributed by atoms with Crippen molar-refractivity contribution in [2.75, 3.05) is 26.3 Å². The Morgan fingerprint density at radius 2 is 2.32 bits per heavy atom. The van der Waals surface area contributed by atoms with E-state index < -0.39 is 6.09 Å². The molecule has 2 fully saturated rings. The van der Waals surface area contributed by atoms with Gasteiger partial charge in [0.15, 0.2) is 0 Å². The summed E-state index contributed by atoms with van der Waals surface area (Å²) in [5.41, 5.74) is 0.343. The van der Waals surface area contributed by atoms with Crippen molar-refractivity contribution in [3.63, 3.8) is 0 Å². The van der Waals surface area contributed by atoms with Gasteiger partial charge in [-0.15, -0.1) is 0 Å². The maximum absolute atomic E-state index is 11.4. The van der Waals surface area contributed by atoms with E-state index in [0.717, 1.165) is 13.0 Å². The second-order valence-corrected chi connectivity index (χ2v) is 6.00. The second-order valence-electron chi connectivity index (χ2n) is 6.00. The number of carbonyl (C=O) groups excluding carboxylic acids is 1. The average molecular weight is 270 g/mol. The molecule has 0 aliphatic carbocycles. The Kier molecular flexibility index (Phi) is 4.68. The minimum absolute atomic E-state index is 0.0545. The Morgan fingerprint density at radius 1 is 1.53 bits per heavy atom. The Hall–Kier alpha value is -0.810. The number of carbonyl (C=O) groups is 1. The van der Waals surface area contributed by atoms with E-state index in [0.29, 0.717) is 24.1 Å². The molecule has 0 aromatic rings. The van der Waals surface area contributed by atoms with Gasteiger partial charge in [0.25, 0.3) is 0 Å². The van der Waals surface area contributed by atoms with E-state index in [-0.39, 0.29) is 13.2 Å². The van der Waals surface area contributed by atoms with E-state index in [2.05, 4.69) is 24.1 Å². The predicted molar refractivity (Wildman–Crippen MR) is 73.0 cm³/mol. The van der Waals surface area contributed by atoms with Gasteiger partial charge >= 0.3 is 6.09 Å². The Balaban J connectivity index is 1.84. The van der Waals surface area contributed by atoms with Crippen molar-refractivity contribution in [1.29, 1.82) is 0 Å². The van der Waals surface area contributed by atoms with Gasteiger partial charge in [-0.3, -0.25) is 4.90 Å². The van der Waals surface area contributed by atoms with Crippen LogP contribution in [0.5, 0.6) is 0 Å². The lowest BCUT2D eigenvalue weighted by molar-refractivity contribution is 0.0617. The zero-order valence-corrected chi connectivity index (χ0v) is 12.0. The molecule has 0 aromatic heterocycles. The van der Waals surface area contributed by atoms with Crippen LogP contribution in [0.1, 0.15) is 39.5 Å². The summed E-state index contributed by atoms with van der Waals surface area (Å²) in [6, 6.07) is 0.366. The zero-order chi connectivity index (χ0) is 13.9. The van der Waals surface area contributed by atoms with E-state index in [1.807, 2.05) is 0 Å². The number of nitrogens with zero attached hydrogens (tertiary/aromatic N) is 1. The summed E-state index contributed by atoms with van der Waals surface area (Å²) >= 11 is 0. The number of aliphatic hydroxyl groups is 1. The Morgan fingerprint density at radius 3 is 3.00 bits per heavy atom. The van der Waals surface area contributed by atoms with Crippen molar-refractivity contribution >= 4 is 6.09 Å². The molecule has 0 saturated carbocycles. The van der Waals surface area contributed by atoms with Crippen LogP contribution in [0.25, 0.3) is 0 Å². The van der Waals surface area contributed by atoms with Gasteiger partial charge in [-0.2, -0.15) is 0 Å². The van der Waals surface area contributed by atoms with E-state index in [1.165, 1.54) is 19.3 Å². The molecule has 2 heterocycles. The van der Waals surface area contributed by atoms with Gasteiger partial charge in [-0.1, -0.05) is 13.8 Å². The normalized spacial score (nSPS) is 30.6. The van der Waals surface area contributed by atoms with Crippen LogP contribution in [-0.4, -0.2) is 54.0 Å². The van der Waals surface area contributed by atoms with Gasteiger partial charge in [0.1, 0.15) is 6.61 Å². The number of hydrogen-bond acceptors (Lipinski definition) is 4. The highest BCUT2D eigenvalue weighted by Gasteiger charge is 2.50. The number of alkyl carbamates (subject to hydrolysis) is 1. The van der Waals surface area contributed by atoms with Gasteiger partial charge in [-0.05, 0) is 38.1 Å². The molecule has 0 bridgehead atoms. The number of fused-ring (bicyclic) bond motifs is 1. The largest absolute Gasteiger partial charge is 0.448 e. The van der Waals surface area contributed by atoms with E-state index >= 15 is 0 Å². The molecule has 2 N–H and O–H groups in total. The molecule has 2 aliphatic rings. The standard InChI is InChI=1S/C14H26N2O3/c1-11(2)14-5-3-8-16(14)12(4-6-14)10-19-13(18)15-7-9-17/h11-12,17H,3-10H2,1-2H3,(H,15,18). The van der Waals surface area contributed by atoms with Crippen molar-refractivity contribution < 1.29 is 14.6 Å². The molecule has 0 aromatic carbocycles. The molecule has 5 heteroatoms. The van der Waals surface area contributed by atoms with E-state index in [4.69, 9.17) is 9.84 Å². The molecule has 0 spiro atoms. The Bertz CT molecular complexity index is 322. The van der Waals surface area contributed by atoms with E-state index in [9.17, 15) is 4.79 Å². The summed E-state index contributed by atoms with van der Waals surface area (Å²) in [4.78, 5) is 14.0. The van der Waals surface area contributed by atoms with Crippen LogP contribution in [0.4, 0.5) is 4.79 Å². The highest BCUT2D eigenvalue weighted by Crippen LogP contribution is 2.46. The first-order valence-corrected chi connectivity index (χ1v) is 7.38. The molecular weight excluding hydrogens is 244 g/mol. The molecule has 2 unspecified atom stereocenters. The highest BCUT2D eigenvalue weighted by atomic mass is 16.5. The number of ether oxygens (including phenoxy) is 1. The van der Waals surface area contributed by atoms with Gasteiger partial charge in [-0.25, -0.2) is 4.79 Å². The van der Waals surface area contributed by atoms with Gasteiger partial charge in [0, 0.05) is 18.1 Å². The van der Waals surface area contributed by atoms with Gasteiger partial charge < -0.3 is 15.2 Å². The quantitative estimate of drug-likeness (QED) is 0.792. The number of nitrogens with one attached hydrogen (secondary N) is 1. The minimum atomic E-state index is -0.421. The van der Waals surface area contributed by atoms with Gasteiger partial charge in [0.05, 0.1) is 6.61 Å². The fourth-order valence-corrected chi connectivity index (χ4v) is 3.77. The van der Waals surface area contributed by atoms with Crippen LogP contribution in [0.15, 0.2) is 0 Å². The summed E-state index contributed by atoms with van der Waals surface area (Å²) in [5.74, 6) is 0.656. The summed E-state index contributed by atoms with van der Waals surface area (Å²) in [6.07, 6.45) is 4.45. The first kappa shape index (κ1) is 14.6. The number of amides is 1. The Labute approximate surface area is 115 Å². The molecule has 2 atom stereocenters. The highest BCUT2D eigenvalue weighted by molar-refractivity contribution is 5.67. The summed E-state index contributed by atoms with van der Waals surface area (Å²) in [7, 11) is 0. The first-order valence-electron chi connectivity index (χ1n) is 7.38. The zero-order valence-electron chi connectivity index (χ0n) is 12.0. The molecule has 19 heavy (non-hydrogen) atoms.